The zero-order valence-electron chi connectivity index (χ0n) is 13.7. The van der Waals surface area contributed by atoms with E-state index in [1.807, 2.05) is 0 Å². The number of rotatable bonds is 6. The molecule has 0 spiro atoms. The van der Waals surface area contributed by atoms with E-state index in [0.717, 1.165) is 30.5 Å². The van der Waals surface area contributed by atoms with Crippen LogP contribution < -0.4 is 5.32 Å². The van der Waals surface area contributed by atoms with Gasteiger partial charge in [0.05, 0.1) is 15.0 Å². The molecule has 1 aromatic rings. The van der Waals surface area contributed by atoms with Gasteiger partial charge in [-0.2, -0.15) is 0 Å². The predicted octanol–water partition coefficient (Wildman–Crippen LogP) is 1.38. The van der Waals surface area contributed by atoms with Crippen molar-refractivity contribution in [3.8, 4) is 0 Å². The number of sulfone groups is 1. The van der Waals surface area contributed by atoms with Gasteiger partial charge in [-0.05, 0) is 17.7 Å². The van der Waals surface area contributed by atoms with E-state index in [-0.39, 0.29) is 10.5 Å². The third kappa shape index (κ3) is 5.10. The Morgan fingerprint density at radius 3 is 2.38 bits per heavy atom. The normalized spacial score (nSPS) is 19.0. The summed E-state index contributed by atoms with van der Waals surface area (Å²) in [6.45, 7) is -3.87. The summed E-state index contributed by atoms with van der Waals surface area (Å²) in [4.78, 5) is 9.70. The Hall–Kier alpha value is -0.890. The Morgan fingerprint density at radius 1 is 1.48 bits per heavy atom. The van der Waals surface area contributed by atoms with Crippen molar-refractivity contribution in [1.82, 2.24) is 5.32 Å². The summed E-state index contributed by atoms with van der Waals surface area (Å²) in [5, 5.41) is 11.8. The number of hydrogen-bond acceptors (Lipinski definition) is 4. The van der Waals surface area contributed by atoms with Crippen LogP contribution in [0.2, 0.25) is 0 Å². The minimum atomic E-state index is -3.87. The number of alkyl halides is 3. The Kier molecular flexibility index (Phi) is 4.84. The van der Waals surface area contributed by atoms with Gasteiger partial charge in [0.15, 0.2) is 14.7 Å². The largest absolute Gasteiger partial charge is 0.386 e. The van der Waals surface area contributed by atoms with Crippen molar-refractivity contribution in [1.29, 1.82) is 0 Å². The summed E-state index contributed by atoms with van der Waals surface area (Å²) in [5.41, 5.74) is -0.195. The maximum absolute atomic E-state index is 13.9. The Balaban J connectivity index is 3.26. The number of aliphatic hydroxyl groups excluding tert-OH is 1. The summed E-state index contributed by atoms with van der Waals surface area (Å²) in [7, 11) is -3.52. The third-order valence-electron chi connectivity index (χ3n) is 2.46. The van der Waals surface area contributed by atoms with Crippen LogP contribution in [0.1, 0.15) is 15.8 Å². The van der Waals surface area contributed by atoms with Crippen LogP contribution in [0.25, 0.3) is 0 Å². The Labute approximate surface area is 136 Å². The second-order valence-corrected chi connectivity index (χ2v) is 7.15. The molecular formula is C12H14Cl2FNO4S. The highest BCUT2D eigenvalue weighted by molar-refractivity contribution is 7.90. The summed E-state index contributed by atoms with van der Waals surface area (Å²) >= 11 is 10.6. The molecule has 0 aliphatic heterocycles. The standard InChI is InChI=1S/C12H14Cl2FNO4S/c1-21(19,20)8-4-2-7(3-5-8)10(17)9(6-15)16-12(18)11(13)14/h2-5,9-11,17H,6H2,1H3,(H,16,18)/t9-,10+/m0/s1/i6D2,9D. The molecule has 118 valence electrons. The van der Waals surface area contributed by atoms with Gasteiger partial charge >= 0.3 is 0 Å². The smallest absolute Gasteiger partial charge is 0.253 e. The second kappa shape index (κ2) is 7.40. The molecule has 21 heavy (non-hydrogen) atoms. The average Bonchev–Trinajstić information content (AvgIpc) is 2.44. The van der Waals surface area contributed by atoms with E-state index in [1.165, 1.54) is 0 Å². The molecule has 0 saturated heterocycles. The van der Waals surface area contributed by atoms with E-state index >= 15 is 0 Å². The molecular weight excluding hydrogens is 344 g/mol. The first-order valence-corrected chi connectivity index (χ1v) is 8.24. The molecule has 0 aliphatic carbocycles. The van der Waals surface area contributed by atoms with Crippen molar-refractivity contribution in [2.45, 2.75) is 21.9 Å². The van der Waals surface area contributed by atoms with Crippen LogP contribution in [-0.2, 0) is 14.6 Å². The lowest BCUT2D eigenvalue weighted by atomic mass is 10.0. The van der Waals surface area contributed by atoms with E-state index in [9.17, 15) is 22.7 Å². The van der Waals surface area contributed by atoms with Crippen LogP contribution in [0.4, 0.5) is 4.39 Å². The van der Waals surface area contributed by atoms with E-state index in [0.29, 0.717) is 0 Å². The first-order chi connectivity index (χ1) is 10.7. The maximum atomic E-state index is 13.9. The molecule has 1 rings (SSSR count). The number of amides is 1. The fraction of sp³-hybridized carbons (Fsp3) is 0.417. The van der Waals surface area contributed by atoms with Gasteiger partial charge in [-0.1, -0.05) is 35.3 Å². The van der Waals surface area contributed by atoms with Gasteiger partial charge in [0.2, 0.25) is 0 Å². The summed E-state index contributed by atoms with van der Waals surface area (Å²) in [6.07, 6.45) is -1.23. The fourth-order valence-corrected chi connectivity index (χ4v) is 2.13. The Morgan fingerprint density at radius 2 is 2.00 bits per heavy atom. The molecule has 0 saturated carbocycles. The lowest BCUT2D eigenvalue weighted by molar-refractivity contribution is -0.121. The molecule has 9 heteroatoms. The number of nitrogens with one attached hydrogen (secondary N) is 1. The maximum Gasteiger partial charge on any atom is 0.253 e. The lowest BCUT2D eigenvalue weighted by Crippen LogP contribution is -2.43. The third-order valence-corrected chi connectivity index (χ3v) is 3.98. The number of aliphatic hydroxyl groups is 1. The minimum absolute atomic E-state index is 0.0945. The summed E-state index contributed by atoms with van der Waals surface area (Å²) in [6, 6.07) is 1.16. The number of halogens is 3. The number of benzene rings is 1. The van der Waals surface area contributed by atoms with Gasteiger partial charge in [0.25, 0.3) is 5.91 Å². The fourth-order valence-electron chi connectivity index (χ4n) is 1.39. The lowest BCUT2D eigenvalue weighted by Gasteiger charge is -2.22. The van der Waals surface area contributed by atoms with Gasteiger partial charge in [0.1, 0.15) is 12.7 Å². The highest BCUT2D eigenvalue weighted by Gasteiger charge is 2.25. The molecule has 0 fully saturated rings. The number of carbonyl (C=O) groups is 1. The van der Waals surface area contributed by atoms with E-state index in [1.54, 1.807) is 5.32 Å². The monoisotopic (exact) mass is 360 g/mol. The van der Waals surface area contributed by atoms with Crippen molar-refractivity contribution in [2.24, 2.45) is 0 Å². The van der Waals surface area contributed by atoms with Gasteiger partial charge in [-0.25, -0.2) is 12.8 Å². The van der Waals surface area contributed by atoms with E-state index in [4.69, 9.17) is 27.3 Å². The zero-order valence-corrected chi connectivity index (χ0v) is 13.0. The van der Waals surface area contributed by atoms with Gasteiger partial charge in [-0.15, -0.1) is 0 Å². The van der Waals surface area contributed by atoms with Crippen LogP contribution in [0.3, 0.4) is 0 Å². The van der Waals surface area contributed by atoms with Crippen molar-refractivity contribution < 1.29 is 26.8 Å². The van der Waals surface area contributed by atoms with Crippen LogP contribution >= 0.6 is 23.2 Å². The van der Waals surface area contributed by atoms with E-state index < -0.39 is 39.3 Å². The first-order valence-electron chi connectivity index (χ1n) is 6.97. The molecule has 0 aliphatic rings. The number of carbonyl (C=O) groups excluding carboxylic acids is 1. The Bertz CT molecular complexity index is 712. The minimum Gasteiger partial charge on any atom is -0.386 e. The SMILES string of the molecule is [2H]C([2H])(F)[C@]([2H])(NC(=O)C(Cl)Cl)[C@H](O)c1ccc(S(C)(=O)=O)cc1. The highest BCUT2D eigenvalue weighted by Crippen LogP contribution is 2.20. The summed E-state index contributed by atoms with van der Waals surface area (Å²) < 4.78 is 58.7. The molecule has 2 N–H and O–H groups in total. The quantitative estimate of drug-likeness (QED) is 0.750. The van der Waals surface area contributed by atoms with Crippen molar-refractivity contribution in [2.75, 3.05) is 12.9 Å². The second-order valence-electron chi connectivity index (χ2n) is 4.04. The van der Waals surface area contributed by atoms with Crippen LogP contribution in [-0.4, -0.2) is 43.2 Å². The van der Waals surface area contributed by atoms with Crippen molar-refractivity contribution in [3.63, 3.8) is 0 Å². The molecule has 0 aromatic heterocycles. The van der Waals surface area contributed by atoms with Gasteiger partial charge in [-0.3, -0.25) is 4.79 Å². The van der Waals surface area contributed by atoms with Crippen LogP contribution in [0, 0.1) is 0 Å². The number of hydrogen-bond donors (Lipinski definition) is 2. The molecule has 0 heterocycles. The molecule has 1 amide bonds. The average molecular weight is 361 g/mol. The molecule has 1 aromatic carbocycles. The molecule has 0 unspecified atom stereocenters. The van der Waals surface area contributed by atoms with Gasteiger partial charge in [0, 0.05) is 6.26 Å². The first kappa shape index (κ1) is 13.8. The predicted molar refractivity (Wildman–Crippen MR) is 77.9 cm³/mol. The van der Waals surface area contributed by atoms with E-state index in [2.05, 4.69) is 0 Å². The molecule has 2 atom stereocenters. The van der Waals surface area contributed by atoms with Gasteiger partial charge < -0.3 is 10.4 Å². The molecule has 0 bridgehead atoms. The van der Waals surface area contributed by atoms with Crippen LogP contribution in [0.15, 0.2) is 29.2 Å². The molecule has 0 radical (unpaired) electrons. The van der Waals surface area contributed by atoms with Crippen molar-refractivity contribution in [3.05, 3.63) is 29.8 Å². The van der Waals surface area contributed by atoms with Crippen molar-refractivity contribution >= 4 is 38.9 Å². The summed E-state index contributed by atoms with van der Waals surface area (Å²) in [5.74, 6) is -1.28. The van der Waals surface area contributed by atoms with Crippen LogP contribution in [0.5, 0.6) is 0 Å². The zero-order chi connectivity index (χ0) is 18.9. The topological polar surface area (TPSA) is 83.5 Å². The highest BCUT2D eigenvalue weighted by atomic mass is 35.5. The molecule has 5 nitrogen and oxygen atoms in total.